The molecule has 0 radical (unpaired) electrons. The van der Waals surface area contributed by atoms with Crippen LogP contribution in [0.2, 0.25) is 0 Å². The van der Waals surface area contributed by atoms with Crippen molar-refractivity contribution in [3.63, 3.8) is 0 Å². The fourth-order valence-electron chi connectivity index (χ4n) is 3.78. The number of ether oxygens (including phenoxy) is 3. The van der Waals surface area contributed by atoms with Gasteiger partial charge in [0.1, 0.15) is 5.75 Å². The zero-order valence-electron chi connectivity index (χ0n) is 18.9. The van der Waals surface area contributed by atoms with Crippen molar-refractivity contribution in [3.8, 4) is 5.75 Å². The first-order valence-corrected chi connectivity index (χ1v) is 11.6. The van der Waals surface area contributed by atoms with Crippen LogP contribution in [0.15, 0.2) is 41.7 Å². The molecule has 3 aromatic rings. The van der Waals surface area contributed by atoms with Crippen LogP contribution < -0.4 is 34.3 Å². The molecule has 160 valence electrons. The van der Waals surface area contributed by atoms with Crippen LogP contribution in [-0.4, -0.2) is 44.8 Å². The molecule has 1 saturated carbocycles. The molecule has 2 fully saturated rings. The van der Waals surface area contributed by atoms with E-state index in [2.05, 4.69) is 15.0 Å². The van der Waals surface area contributed by atoms with E-state index in [0.717, 1.165) is 40.9 Å². The number of imidazole rings is 1. The molecule has 31 heavy (non-hydrogen) atoms. The first kappa shape index (κ1) is 22.9. The Morgan fingerprint density at radius 1 is 1.26 bits per heavy atom. The number of benzene rings is 1. The normalized spacial score (nSPS) is 19.0. The van der Waals surface area contributed by atoms with E-state index in [4.69, 9.17) is 14.2 Å². The first-order valence-electron chi connectivity index (χ1n) is 10.3. The number of hydrogen-bond donors (Lipinski definition) is 1. The van der Waals surface area contributed by atoms with Crippen LogP contribution in [-0.2, 0) is 26.0 Å². The number of hydrogen-bond acceptors (Lipinski definition) is 6. The van der Waals surface area contributed by atoms with Gasteiger partial charge in [0.25, 0.3) is 0 Å². The quantitative estimate of drug-likeness (QED) is 0.553. The Morgan fingerprint density at radius 3 is 2.74 bits per heavy atom. The Kier molecular flexibility index (Phi) is 7.15. The molecule has 1 N–H and O–H groups in total. The number of H-pyrrole nitrogens is 1. The van der Waals surface area contributed by atoms with Gasteiger partial charge in [-0.3, -0.25) is 9.19 Å². The van der Waals surface area contributed by atoms with Crippen molar-refractivity contribution in [2.75, 3.05) is 19.8 Å². The van der Waals surface area contributed by atoms with E-state index in [1.165, 1.54) is 6.42 Å². The smallest absolute Gasteiger partial charge is 1.00 e. The summed E-state index contributed by atoms with van der Waals surface area (Å²) in [5.74, 6) is 0.931. The van der Waals surface area contributed by atoms with Gasteiger partial charge in [0.15, 0.2) is 10.9 Å². The molecule has 2 aromatic heterocycles. The minimum atomic E-state index is -1.32. The van der Waals surface area contributed by atoms with Gasteiger partial charge in [0.2, 0.25) is 0 Å². The van der Waals surface area contributed by atoms with Crippen molar-refractivity contribution in [1.82, 2.24) is 15.0 Å². The summed E-state index contributed by atoms with van der Waals surface area (Å²) in [5, 5.41) is 0.463. The second-order valence-electron chi connectivity index (χ2n) is 7.99. The van der Waals surface area contributed by atoms with E-state index >= 15 is 0 Å². The number of aromatic amines is 1. The number of aromatic nitrogens is 3. The third kappa shape index (κ3) is 4.89. The average molecular weight is 452 g/mol. The molecular weight excluding hydrogens is 425 g/mol. The molecule has 3 heterocycles. The maximum absolute atomic E-state index is 12.9. The molecule has 2 aliphatic rings. The fraction of sp³-hybridized carbons (Fsp3) is 0.455. The van der Waals surface area contributed by atoms with E-state index in [9.17, 15) is 4.21 Å². The second kappa shape index (κ2) is 9.68. The predicted octanol–water partition coefficient (Wildman–Crippen LogP) is 0.613. The molecule has 1 unspecified atom stereocenters. The van der Waals surface area contributed by atoms with Crippen molar-refractivity contribution >= 4 is 21.8 Å². The van der Waals surface area contributed by atoms with E-state index < -0.39 is 10.8 Å². The molecule has 0 bridgehead atoms. The summed E-state index contributed by atoms with van der Waals surface area (Å²) < 4.78 is 30.7. The largest absolute Gasteiger partial charge is 1.00 e. The summed E-state index contributed by atoms with van der Waals surface area (Å²) >= 11 is 0. The van der Waals surface area contributed by atoms with Gasteiger partial charge in [-0.05, 0) is 31.5 Å². The molecule has 1 aromatic carbocycles. The fourth-order valence-corrected chi connectivity index (χ4v) is 4.88. The van der Waals surface area contributed by atoms with Gasteiger partial charge in [-0.25, -0.2) is 4.98 Å². The number of nitrogens with one attached hydrogen (secondary N) is 1. The molecule has 9 heteroatoms. The average Bonchev–Trinajstić information content (AvgIpc) is 3.18. The van der Waals surface area contributed by atoms with E-state index in [1.54, 1.807) is 6.20 Å². The van der Waals surface area contributed by atoms with Crippen molar-refractivity contribution in [2.45, 2.75) is 42.9 Å². The number of nitrogens with zero attached hydrogens (tertiary/aromatic N) is 2. The second-order valence-corrected chi connectivity index (χ2v) is 9.36. The number of para-hydroxylation sites is 2. The van der Waals surface area contributed by atoms with Crippen LogP contribution in [0.25, 0.3) is 11.0 Å². The van der Waals surface area contributed by atoms with Gasteiger partial charge in [0, 0.05) is 30.5 Å². The molecule has 1 saturated heterocycles. The maximum atomic E-state index is 12.9. The molecule has 1 aliphatic heterocycles. The number of pyridine rings is 1. The van der Waals surface area contributed by atoms with Gasteiger partial charge in [-0.1, -0.05) is 12.1 Å². The molecule has 0 amide bonds. The van der Waals surface area contributed by atoms with Crippen LogP contribution in [0.1, 0.15) is 31.9 Å². The summed E-state index contributed by atoms with van der Waals surface area (Å²) in [6, 6.07) is 9.51. The third-order valence-corrected chi connectivity index (χ3v) is 7.02. The van der Waals surface area contributed by atoms with Crippen molar-refractivity contribution in [3.05, 3.63) is 47.8 Å². The first-order chi connectivity index (χ1) is 14.6. The molecule has 1 atom stereocenters. The van der Waals surface area contributed by atoms with Crippen molar-refractivity contribution in [2.24, 2.45) is 5.92 Å². The van der Waals surface area contributed by atoms with E-state index in [-0.39, 0.29) is 48.4 Å². The van der Waals surface area contributed by atoms with Gasteiger partial charge < -0.3 is 20.6 Å². The minimum absolute atomic E-state index is 0. The van der Waals surface area contributed by atoms with Crippen LogP contribution in [0.3, 0.4) is 0 Å². The maximum Gasteiger partial charge on any atom is 1.00 e. The van der Waals surface area contributed by atoms with Crippen LogP contribution >= 0.6 is 0 Å². The molecule has 5 rings (SSSR count). The van der Waals surface area contributed by atoms with Crippen LogP contribution in [0, 0.1) is 12.8 Å². The summed E-state index contributed by atoms with van der Waals surface area (Å²) in [7, 11) is -1.32. The molecule has 1 spiro atoms. The van der Waals surface area contributed by atoms with E-state index in [1.807, 2.05) is 37.3 Å². The van der Waals surface area contributed by atoms with Gasteiger partial charge >= 0.3 is 29.6 Å². The summed E-state index contributed by atoms with van der Waals surface area (Å²) in [5.41, 5.74) is 3.33. The Bertz CT molecular complexity index is 1050. The summed E-state index contributed by atoms with van der Waals surface area (Å²) in [6.07, 6.45) is 4.87. The molecule has 7 nitrogen and oxygen atoms in total. The molecule has 1 aliphatic carbocycles. The minimum Gasteiger partial charge on any atom is -1.00 e. The Hall–Kier alpha value is -1.29. The Labute approximate surface area is 207 Å². The van der Waals surface area contributed by atoms with Crippen LogP contribution in [0.5, 0.6) is 5.75 Å². The monoisotopic (exact) mass is 451 g/mol. The number of rotatable bonds is 6. The topological polar surface area (TPSA) is 86.3 Å². The third-order valence-electron chi connectivity index (χ3n) is 5.86. The van der Waals surface area contributed by atoms with Crippen LogP contribution in [0.4, 0.5) is 0 Å². The predicted molar refractivity (Wildman–Crippen MR) is 114 cm³/mol. The van der Waals surface area contributed by atoms with Gasteiger partial charge in [-0.2, -0.15) is 0 Å². The molecular formula is C22H26N3NaO4S. The van der Waals surface area contributed by atoms with Crippen molar-refractivity contribution in [1.29, 1.82) is 0 Å². The zero-order chi connectivity index (χ0) is 20.6. The van der Waals surface area contributed by atoms with Gasteiger partial charge in [0.05, 0.1) is 53.1 Å². The Balaban J connectivity index is 0.00000144. The Morgan fingerprint density at radius 2 is 2.03 bits per heavy atom. The summed E-state index contributed by atoms with van der Waals surface area (Å²) in [4.78, 5) is 12.0. The standard InChI is InChI=1S/C22H25N3O4S.Na.H/c1-15-19(14-30(26)21-24-17-5-2-3-6-18(17)25-21)23-10-7-20(15)27-11-16-12-28-22(29-13-16)8-4-9-22;;/h2-3,5-7,10,16H,4,8-9,11-14H2,1H3,(H,24,25);;/q;+1;-1. The zero-order valence-corrected chi connectivity index (χ0v) is 20.7. The van der Waals surface area contributed by atoms with Gasteiger partial charge in [-0.15, -0.1) is 0 Å². The van der Waals surface area contributed by atoms with E-state index in [0.29, 0.717) is 25.0 Å². The number of fused-ring (bicyclic) bond motifs is 1. The SMILES string of the molecule is Cc1c(OCC2COC3(CCC3)OC2)ccnc1CS(=O)c1nc2ccccc2[nH]1.[H-].[Na+]. The van der Waals surface area contributed by atoms with Crippen molar-refractivity contribution < 1.29 is 49.4 Å². The summed E-state index contributed by atoms with van der Waals surface area (Å²) in [6.45, 7) is 3.79.